The molecule has 5 heteroatoms. The predicted molar refractivity (Wildman–Crippen MR) is 281 cm³/mol. The number of anilines is 2. The summed E-state index contributed by atoms with van der Waals surface area (Å²) in [5, 5.41) is 8.01. The van der Waals surface area contributed by atoms with Gasteiger partial charge in [-0.05, 0) is 115 Å². The van der Waals surface area contributed by atoms with Gasteiger partial charge in [-0.3, -0.25) is 0 Å². The number of benzene rings is 8. The van der Waals surface area contributed by atoms with Gasteiger partial charge in [-0.15, -0.1) is 22.7 Å². The lowest BCUT2D eigenvalue weighted by atomic mass is 9.44. The molecule has 64 heavy (non-hydrogen) atoms. The van der Waals surface area contributed by atoms with E-state index in [1.807, 2.05) is 22.7 Å². The second-order valence-corrected chi connectivity index (χ2v) is 23.5. The van der Waals surface area contributed by atoms with Crippen LogP contribution >= 0.6 is 22.7 Å². The average Bonchev–Trinajstić information content (AvgIpc) is 3.99. The van der Waals surface area contributed by atoms with Gasteiger partial charge in [0, 0.05) is 79.2 Å². The van der Waals surface area contributed by atoms with Gasteiger partial charge in [0.05, 0.1) is 11.0 Å². The first-order chi connectivity index (χ1) is 30.7. The van der Waals surface area contributed by atoms with E-state index in [-0.39, 0.29) is 23.1 Å². The lowest BCUT2D eigenvalue weighted by Gasteiger charge is -2.42. The Bertz CT molecular complexity index is 3900. The molecule has 0 atom stereocenters. The number of thiophene rings is 2. The molecule has 3 aromatic heterocycles. The van der Waals surface area contributed by atoms with Crippen molar-refractivity contribution < 1.29 is 0 Å². The summed E-state index contributed by atoms with van der Waals surface area (Å²) in [5.41, 5.74) is 20.1. The Labute approximate surface area is 382 Å². The number of rotatable bonds is 1. The molecule has 8 aromatic carbocycles. The molecule has 0 N–H and O–H groups in total. The SMILES string of the molecule is CC(C)(C)c1ccc(N2B3c4cc5c(cc4-n4c6cc7c(cc6c6ccc(c3c64)-c3cc4c(cc32)-c2cc(C(C)(C)C)ccc2C4(C)C)sc2ccccc27)sc2ccccc25)cc1. The van der Waals surface area contributed by atoms with Gasteiger partial charge in [0.2, 0.25) is 0 Å². The average molecular weight is 859 g/mol. The molecule has 1 aliphatic carbocycles. The molecule has 0 fully saturated rings. The van der Waals surface area contributed by atoms with Gasteiger partial charge in [-0.1, -0.05) is 140 Å². The first kappa shape index (κ1) is 37.3. The van der Waals surface area contributed by atoms with E-state index in [0.29, 0.717) is 0 Å². The predicted octanol–water partition coefficient (Wildman–Crippen LogP) is 15.7. The van der Waals surface area contributed by atoms with Gasteiger partial charge in [-0.25, -0.2) is 0 Å². The van der Waals surface area contributed by atoms with Crippen LogP contribution in [0.15, 0.2) is 140 Å². The number of nitrogens with zero attached hydrogens (tertiary/aromatic N) is 2. The standard InChI is InChI=1S/C59H47BN2S2/c1-57(2,3)32-17-20-34(21-18-32)62-49-28-40-39-25-33(58(4,5)6)19-24-45(39)59(7,8)46(40)26-41(49)37-22-23-38-42-30-53-44(36-14-10-12-16-52(36)63-53)29-48(42)61-50-31-54-43(35-13-9-11-15-51(35)64-54)27-47(50)60(62)55(37)56(38)61/h9-31H,1-8H3. The van der Waals surface area contributed by atoms with E-state index in [4.69, 9.17) is 0 Å². The normalized spacial score (nSPS) is 14.9. The maximum absolute atomic E-state index is 2.73. The molecule has 0 saturated heterocycles. The fourth-order valence-electron chi connectivity index (χ4n) is 11.9. The van der Waals surface area contributed by atoms with Crippen LogP contribution in [0.2, 0.25) is 0 Å². The molecule has 0 spiro atoms. The second-order valence-electron chi connectivity index (χ2n) is 21.3. The Hall–Kier alpha value is -6.14. The molecule has 0 amide bonds. The molecule has 0 radical (unpaired) electrons. The number of fused-ring (bicyclic) bond motifs is 17. The Morgan fingerprint density at radius 3 is 1.81 bits per heavy atom. The fourth-order valence-corrected chi connectivity index (χ4v) is 14.2. The van der Waals surface area contributed by atoms with Gasteiger partial charge >= 0.3 is 6.85 Å². The monoisotopic (exact) mass is 858 g/mol. The van der Waals surface area contributed by atoms with Crippen molar-refractivity contribution >= 4 is 114 Å². The highest BCUT2D eigenvalue weighted by molar-refractivity contribution is 7.26. The summed E-state index contributed by atoms with van der Waals surface area (Å²) in [4.78, 5) is 2.73. The lowest BCUT2D eigenvalue weighted by molar-refractivity contribution is 0.589. The molecule has 11 aromatic rings. The topological polar surface area (TPSA) is 8.17 Å². The van der Waals surface area contributed by atoms with Crippen molar-refractivity contribution in [2.45, 2.75) is 71.6 Å². The zero-order chi connectivity index (χ0) is 43.3. The fraction of sp³-hybridized carbons (Fsp3) is 0.186. The van der Waals surface area contributed by atoms with Crippen LogP contribution in [0.3, 0.4) is 0 Å². The Morgan fingerprint density at radius 2 is 1.11 bits per heavy atom. The minimum Gasteiger partial charge on any atom is -0.376 e. The molecule has 3 aliphatic rings. The van der Waals surface area contributed by atoms with E-state index in [0.717, 1.165) is 0 Å². The van der Waals surface area contributed by atoms with Crippen LogP contribution in [0, 0.1) is 0 Å². The van der Waals surface area contributed by atoms with Crippen LogP contribution in [0.4, 0.5) is 11.4 Å². The van der Waals surface area contributed by atoms with Crippen molar-refractivity contribution in [2.75, 3.05) is 4.81 Å². The molecular formula is C59H47BN2S2. The molecule has 0 unspecified atom stereocenters. The third-order valence-electron chi connectivity index (χ3n) is 15.3. The van der Waals surface area contributed by atoms with Crippen LogP contribution in [0.25, 0.3) is 90.1 Å². The van der Waals surface area contributed by atoms with Gasteiger partial charge in [0.25, 0.3) is 0 Å². The van der Waals surface area contributed by atoms with Crippen molar-refractivity contribution in [1.82, 2.24) is 4.57 Å². The lowest BCUT2D eigenvalue weighted by Crippen LogP contribution is -2.60. The minimum atomic E-state index is -0.144. The van der Waals surface area contributed by atoms with Crippen LogP contribution in [-0.2, 0) is 16.2 Å². The van der Waals surface area contributed by atoms with E-state index < -0.39 is 0 Å². The van der Waals surface area contributed by atoms with Gasteiger partial charge in [0.1, 0.15) is 0 Å². The number of aromatic nitrogens is 1. The van der Waals surface area contributed by atoms with Crippen molar-refractivity contribution in [2.24, 2.45) is 0 Å². The minimum absolute atomic E-state index is 0.0427. The van der Waals surface area contributed by atoms with E-state index in [2.05, 4.69) is 204 Å². The third-order valence-corrected chi connectivity index (χ3v) is 17.5. The van der Waals surface area contributed by atoms with E-state index in [1.165, 1.54) is 135 Å². The smallest absolute Gasteiger partial charge is 0.333 e. The van der Waals surface area contributed by atoms with Crippen molar-refractivity contribution in [1.29, 1.82) is 0 Å². The quantitative estimate of drug-likeness (QED) is 0.149. The molecule has 0 bridgehead atoms. The third kappa shape index (κ3) is 4.76. The van der Waals surface area contributed by atoms with Crippen LogP contribution in [0.1, 0.15) is 77.6 Å². The highest BCUT2D eigenvalue weighted by Gasteiger charge is 2.46. The van der Waals surface area contributed by atoms with E-state index >= 15 is 0 Å². The van der Waals surface area contributed by atoms with E-state index in [1.54, 1.807) is 0 Å². The maximum Gasteiger partial charge on any atom is 0.333 e. The molecule has 2 nitrogen and oxygen atoms in total. The van der Waals surface area contributed by atoms with Gasteiger partial charge < -0.3 is 9.38 Å². The number of hydrogen-bond donors (Lipinski definition) is 0. The Kier molecular flexibility index (Phi) is 7.07. The van der Waals surface area contributed by atoms with Crippen molar-refractivity contribution in [3.63, 3.8) is 0 Å². The summed E-state index contributed by atoms with van der Waals surface area (Å²) in [5.74, 6) is 0. The zero-order valence-corrected chi connectivity index (χ0v) is 39.2. The van der Waals surface area contributed by atoms with Gasteiger partial charge in [-0.2, -0.15) is 0 Å². The molecule has 0 saturated carbocycles. The summed E-state index contributed by atoms with van der Waals surface area (Å²) in [6.07, 6.45) is 0. The Morgan fingerprint density at radius 1 is 0.469 bits per heavy atom. The Balaban J connectivity index is 1.15. The molecule has 308 valence electrons. The van der Waals surface area contributed by atoms with E-state index in [9.17, 15) is 0 Å². The summed E-state index contributed by atoms with van der Waals surface area (Å²) in [7, 11) is 0. The van der Waals surface area contributed by atoms with Crippen LogP contribution in [0.5, 0.6) is 0 Å². The first-order valence-electron chi connectivity index (χ1n) is 22.9. The highest BCUT2D eigenvalue weighted by Crippen LogP contribution is 2.55. The molecule has 14 rings (SSSR count). The summed E-state index contributed by atoms with van der Waals surface area (Å²) in [6.45, 7) is 18.8. The second kappa shape index (κ2) is 12.1. The number of hydrogen-bond acceptors (Lipinski definition) is 3. The maximum atomic E-state index is 2.73. The highest BCUT2D eigenvalue weighted by atomic mass is 32.1. The molecular weight excluding hydrogens is 812 g/mol. The van der Waals surface area contributed by atoms with Gasteiger partial charge in [0.15, 0.2) is 0 Å². The molecule has 5 heterocycles. The van der Waals surface area contributed by atoms with Crippen molar-refractivity contribution in [3.8, 4) is 27.9 Å². The molecule has 2 aliphatic heterocycles. The summed E-state index contributed by atoms with van der Waals surface area (Å²) in [6, 6.07) is 55.0. The van der Waals surface area contributed by atoms with Crippen LogP contribution < -0.4 is 15.7 Å². The van der Waals surface area contributed by atoms with Crippen LogP contribution in [-0.4, -0.2) is 11.4 Å². The van der Waals surface area contributed by atoms with Crippen molar-refractivity contribution in [3.05, 3.63) is 162 Å². The first-order valence-corrected chi connectivity index (χ1v) is 24.5. The summed E-state index contributed by atoms with van der Waals surface area (Å²) < 4.78 is 8.02. The largest absolute Gasteiger partial charge is 0.376 e. The summed E-state index contributed by atoms with van der Waals surface area (Å²) >= 11 is 3.83. The zero-order valence-electron chi connectivity index (χ0n) is 37.6.